The molecule has 2 unspecified atom stereocenters. The van der Waals surface area contributed by atoms with Crippen LogP contribution in [0, 0.1) is 0 Å². The SMILES string of the molecule is CS(=O)(=O)C1CCCCC1Br. The minimum atomic E-state index is -2.82. The Morgan fingerprint density at radius 1 is 1.27 bits per heavy atom. The highest BCUT2D eigenvalue weighted by Gasteiger charge is 2.30. The van der Waals surface area contributed by atoms with E-state index in [0.29, 0.717) is 0 Å². The lowest BCUT2D eigenvalue weighted by molar-refractivity contribution is 0.500. The van der Waals surface area contributed by atoms with Crippen LogP contribution in [0.3, 0.4) is 0 Å². The molecule has 1 aliphatic carbocycles. The maximum Gasteiger partial charge on any atom is 0.151 e. The lowest BCUT2D eigenvalue weighted by Crippen LogP contribution is -2.32. The number of hydrogen-bond acceptors (Lipinski definition) is 2. The Morgan fingerprint density at radius 2 is 1.82 bits per heavy atom. The topological polar surface area (TPSA) is 34.1 Å². The summed E-state index contributed by atoms with van der Waals surface area (Å²) in [6.45, 7) is 0. The molecule has 0 aromatic heterocycles. The molecule has 2 nitrogen and oxygen atoms in total. The highest BCUT2D eigenvalue weighted by Crippen LogP contribution is 2.28. The van der Waals surface area contributed by atoms with Crippen LogP contribution in [0.25, 0.3) is 0 Å². The molecule has 0 amide bonds. The zero-order chi connectivity index (χ0) is 8.48. The van der Waals surface area contributed by atoms with Gasteiger partial charge >= 0.3 is 0 Å². The molecule has 0 N–H and O–H groups in total. The zero-order valence-corrected chi connectivity index (χ0v) is 8.99. The fourth-order valence-electron chi connectivity index (χ4n) is 1.53. The van der Waals surface area contributed by atoms with Gasteiger partial charge in [-0.05, 0) is 12.8 Å². The molecule has 0 saturated heterocycles. The van der Waals surface area contributed by atoms with Crippen molar-refractivity contribution in [2.75, 3.05) is 6.26 Å². The first-order chi connectivity index (χ1) is 5.02. The molecule has 11 heavy (non-hydrogen) atoms. The van der Waals surface area contributed by atoms with Crippen LogP contribution in [0.2, 0.25) is 0 Å². The van der Waals surface area contributed by atoms with E-state index in [1.54, 1.807) is 0 Å². The summed E-state index contributed by atoms with van der Waals surface area (Å²) in [5.41, 5.74) is 0. The van der Waals surface area contributed by atoms with Gasteiger partial charge in [0.25, 0.3) is 0 Å². The molecular weight excluding hydrogens is 228 g/mol. The predicted octanol–water partition coefficient (Wildman–Crippen LogP) is 1.74. The van der Waals surface area contributed by atoms with Crippen LogP contribution in [-0.2, 0) is 9.84 Å². The van der Waals surface area contributed by atoms with Crippen molar-refractivity contribution < 1.29 is 8.42 Å². The van der Waals surface area contributed by atoms with Crippen molar-refractivity contribution >= 4 is 25.8 Å². The summed E-state index contributed by atoms with van der Waals surface area (Å²) in [6.07, 6.45) is 5.37. The van der Waals surface area contributed by atoms with Gasteiger partial charge in [-0.2, -0.15) is 0 Å². The van der Waals surface area contributed by atoms with Crippen molar-refractivity contribution in [2.45, 2.75) is 35.8 Å². The first kappa shape index (κ1) is 9.52. The first-order valence-electron chi connectivity index (χ1n) is 3.85. The first-order valence-corrected chi connectivity index (χ1v) is 6.72. The summed E-state index contributed by atoms with van der Waals surface area (Å²) in [4.78, 5) is 0.186. The van der Waals surface area contributed by atoms with Crippen molar-refractivity contribution in [1.29, 1.82) is 0 Å². The van der Waals surface area contributed by atoms with Crippen LogP contribution in [-0.4, -0.2) is 24.8 Å². The summed E-state index contributed by atoms with van der Waals surface area (Å²) in [6, 6.07) is 0. The summed E-state index contributed by atoms with van der Waals surface area (Å²) < 4.78 is 22.3. The molecule has 0 bridgehead atoms. The number of rotatable bonds is 1. The molecule has 0 aliphatic heterocycles. The third-order valence-electron chi connectivity index (χ3n) is 2.17. The van der Waals surface area contributed by atoms with Crippen LogP contribution in [0.1, 0.15) is 25.7 Å². The van der Waals surface area contributed by atoms with E-state index in [0.717, 1.165) is 25.7 Å². The second kappa shape index (κ2) is 3.44. The second-order valence-electron chi connectivity index (χ2n) is 3.17. The van der Waals surface area contributed by atoms with Crippen molar-refractivity contribution in [3.63, 3.8) is 0 Å². The monoisotopic (exact) mass is 240 g/mol. The van der Waals surface area contributed by atoms with Crippen molar-refractivity contribution in [2.24, 2.45) is 0 Å². The van der Waals surface area contributed by atoms with Crippen LogP contribution < -0.4 is 0 Å². The molecule has 66 valence electrons. The summed E-state index contributed by atoms with van der Waals surface area (Å²) in [7, 11) is -2.82. The number of sulfone groups is 1. The average molecular weight is 241 g/mol. The van der Waals surface area contributed by atoms with E-state index in [1.165, 1.54) is 6.26 Å². The smallest absolute Gasteiger partial charge is 0.151 e. The molecule has 0 aromatic carbocycles. The van der Waals surface area contributed by atoms with E-state index >= 15 is 0 Å². The lowest BCUT2D eigenvalue weighted by atomic mass is 10.0. The van der Waals surface area contributed by atoms with E-state index in [-0.39, 0.29) is 10.1 Å². The molecule has 0 aromatic rings. The van der Waals surface area contributed by atoms with Crippen molar-refractivity contribution in [3.05, 3.63) is 0 Å². The second-order valence-corrected chi connectivity index (χ2v) is 6.61. The minimum absolute atomic E-state index is 0.142. The van der Waals surface area contributed by atoms with Crippen LogP contribution in [0.4, 0.5) is 0 Å². The lowest BCUT2D eigenvalue weighted by Gasteiger charge is -2.25. The largest absolute Gasteiger partial charge is 0.229 e. The standard InChI is InChI=1S/C7H13BrO2S/c1-11(9,10)7-5-3-2-4-6(7)8/h6-7H,2-5H2,1H3. The summed E-state index contributed by atoms with van der Waals surface area (Å²) >= 11 is 3.41. The van der Waals surface area contributed by atoms with Gasteiger partial charge in [-0.1, -0.05) is 28.8 Å². The van der Waals surface area contributed by atoms with Crippen LogP contribution in [0.15, 0.2) is 0 Å². The molecule has 4 heteroatoms. The maximum atomic E-state index is 11.2. The Morgan fingerprint density at radius 3 is 2.18 bits per heavy atom. The molecule has 2 atom stereocenters. The third kappa shape index (κ3) is 2.44. The summed E-state index contributed by atoms with van der Waals surface area (Å²) in [5, 5.41) is -0.142. The van der Waals surface area contributed by atoms with Gasteiger partial charge in [-0.15, -0.1) is 0 Å². The fourth-order valence-corrected chi connectivity index (χ4v) is 4.57. The molecule has 0 spiro atoms. The number of halogens is 1. The maximum absolute atomic E-state index is 11.2. The number of hydrogen-bond donors (Lipinski definition) is 0. The van der Waals surface area contributed by atoms with E-state index in [4.69, 9.17) is 0 Å². The minimum Gasteiger partial charge on any atom is -0.229 e. The highest BCUT2D eigenvalue weighted by atomic mass is 79.9. The van der Waals surface area contributed by atoms with Crippen molar-refractivity contribution in [1.82, 2.24) is 0 Å². The Labute approximate surface area is 76.4 Å². The van der Waals surface area contributed by atoms with Gasteiger partial charge in [-0.25, -0.2) is 8.42 Å². The molecule has 0 radical (unpaired) electrons. The summed E-state index contributed by atoms with van der Waals surface area (Å²) in [5.74, 6) is 0. The fraction of sp³-hybridized carbons (Fsp3) is 1.00. The molecule has 1 rings (SSSR count). The van der Waals surface area contributed by atoms with Gasteiger partial charge in [0.15, 0.2) is 9.84 Å². The van der Waals surface area contributed by atoms with E-state index in [2.05, 4.69) is 15.9 Å². The zero-order valence-electron chi connectivity index (χ0n) is 6.59. The Balaban J connectivity index is 2.70. The van der Waals surface area contributed by atoms with Gasteiger partial charge in [0.05, 0.1) is 5.25 Å². The van der Waals surface area contributed by atoms with Crippen molar-refractivity contribution in [3.8, 4) is 0 Å². The van der Waals surface area contributed by atoms with Gasteiger partial charge in [-0.3, -0.25) is 0 Å². The Hall–Kier alpha value is 0.430. The van der Waals surface area contributed by atoms with E-state index < -0.39 is 9.84 Å². The van der Waals surface area contributed by atoms with Gasteiger partial charge in [0.2, 0.25) is 0 Å². The Kier molecular flexibility index (Phi) is 2.97. The molecule has 1 saturated carbocycles. The van der Waals surface area contributed by atoms with Gasteiger partial charge < -0.3 is 0 Å². The highest BCUT2D eigenvalue weighted by molar-refractivity contribution is 9.09. The third-order valence-corrected chi connectivity index (χ3v) is 5.28. The van der Waals surface area contributed by atoms with Crippen LogP contribution >= 0.6 is 15.9 Å². The molecule has 0 heterocycles. The van der Waals surface area contributed by atoms with E-state index in [9.17, 15) is 8.42 Å². The van der Waals surface area contributed by atoms with Gasteiger partial charge in [0.1, 0.15) is 0 Å². The predicted molar refractivity (Wildman–Crippen MR) is 49.8 cm³/mol. The molecule has 1 aliphatic rings. The van der Waals surface area contributed by atoms with Gasteiger partial charge in [0, 0.05) is 11.1 Å². The molecular formula is C7H13BrO2S. The number of alkyl halides is 1. The van der Waals surface area contributed by atoms with E-state index in [1.807, 2.05) is 0 Å². The Bertz CT molecular complexity index is 223. The molecule has 1 fully saturated rings. The average Bonchev–Trinajstić information content (AvgIpc) is 1.86. The van der Waals surface area contributed by atoms with Crippen LogP contribution in [0.5, 0.6) is 0 Å². The normalized spacial score (nSPS) is 33.6. The quantitative estimate of drug-likeness (QED) is 0.655.